The van der Waals surface area contributed by atoms with Gasteiger partial charge in [0.25, 0.3) is 10.0 Å². The zero-order chi connectivity index (χ0) is 15.3. The van der Waals surface area contributed by atoms with E-state index in [1.165, 1.54) is 12.8 Å². The molecule has 7 heteroatoms. The van der Waals surface area contributed by atoms with Crippen LogP contribution in [0.15, 0.2) is 23.4 Å². The van der Waals surface area contributed by atoms with E-state index in [1.807, 2.05) is 19.2 Å². The minimum Gasteiger partial charge on any atom is -0.310 e. The van der Waals surface area contributed by atoms with Crippen LogP contribution in [0.25, 0.3) is 0 Å². The van der Waals surface area contributed by atoms with E-state index < -0.39 is 10.0 Å². The number of hydrogen-bond acceptors (Lipinski definition) is 5. The van der Waals surface area contributed by atoms with Crippen LogP contribution >= 0.6 is 11.8 Å². The van der Waals surface area contributed by atoms with Crippen molar-refractivity contribution < 1.29 is 8.42 Å². The number of rotatable bonds is 9. The molecule has 0 spiro atoms. The van der Waals surface area contributed by atoms with Crippen LogP contribution in [-0.2, 0) is 16.6 Å². The first-order valence-electron chi connectivity index (χ1n) is 7.21. The van der Waals surface area contributed by atoms with Crippen molar-refractivity contribution >= 4 is 21.8 Å². The molecule has 0 amide bonds. The monoisotopic (exact) mass is 329 g/mol. The number of nitrogens with zero attached hydrogens (tertiary/aromatic N) is 1. The molecule has 1 unspecified atom stereocenters. The summed E-state index contributed by atoms with van der Waals surface area (Å²) in [7, 11) is -3.52. The van der Waals surface area contributed by atoms with Gasteiger partial charge < -0.3 is 5.32 Å². The Morgan fingerprint density at radius 3 is 2.76 bits per heavy atom. The SMILES string of the molecule is CSCCC(C)NS(=O)(=O)c1ccc(CNC2CC2)cn1. The zero-order valence-electron chi connectivity index (χ0n) is 12.5. The van der Waals surface area contributed by atoms with Gasteiger partial charge in [0, 0.05) is 24.8 Å². The summed E-state index contributed by atoms with van der Waals surface area (Å²) in [4.78, 5) is 4.09. The molecule has 1 aliphatic carbocycles. The van der Waals surface area contributed by atoms with Crippen LogP contribution in [0.5, 0.6) is 0 Å². The van der Waals surface area contributed by atoms with Gasteiger partial charge in [-0.05, 0) is 49.8 Å². The van der Waals surface area contributed by atoms with Crippen LogP contribution in [0.4, 0.5) is 0 Å². The van der Waals surface area contributed by atoms with Gasteiger partial charge in [0.1, 0.15) is 0 Å². The minimum atomic E-state index is -3.52. The van der Waals surface area contributed by atoms with Crippen LogP contribution < -0.4 is 10.0 Å². The van der Waals surface area contributed by atoms with Crippen molar-refractivity contribution in [1.82, 2.24) is 15.0 Å². The standard InChI is InChI=1S/C14H23N3O2S2/c1-11(7-8-20-2)17-21(18,19)14-6-3-12(10-16-14)9-15-13-4-5-13/h3,6,10-11,13,15,17H,4-5,7-9H2,1-2H3. The zero-order valence-corrected chi connectivity index (χ0v) is 14.1. The summed E-state index contributed by atoms with van der Waals surface area (Å²) in [6, 6.07) is 3.95. The molecule has 1 fully saturated rings. The van der Waals surface area contributed by atoms with Crippen molar-refractivity contribution in [3.8, 4) is 0 Å². The summed E-state index contributed by atoms with van der Waals surface area (Å²) in [6.07, 6.45) is 6.92. The lowest BCUT2D eigenvalue weighted by atomic mass is 10.3. The summed E-state index contributed by atoms with van der Waals surface area (Å²) in [6.45, 7) is 2.62. The predicted molar refractivity (Wildman–Crippen MR) is 86.9 cm³/mol. The number of hydrogen-bond donors (Lipinski definition) is 2. The molecule has 0 aliphatic heterocycles. The Kier molecular flexibility index (Phi) is 6.04. The summed E-state index contributed by atoms with van der Waals surface area (Å²) < 4.78 is 27.1. The first-order chi connectivity index (χ1) is 10.0. The van der Waals surface area contributed by atoms with Crippen LogP contribution in [0.1, 0.15) is 31.7 Å². The van der Waals surface area contributed by atoms with E-state index in [4.69, 9.17) is 0 Å². The van der Waals surface area contributed by atoms with Gasteiger partial charge in [-0.2, -0.15) is 11.8 Å². The molecule has 2 N–H and O–H groups in total. The van der Waals surface area contributed by atoms with Gasteiger partial charge in [-0.25, -0.2) is 18.1 Å². The molecule has 1 atom stereocenters. The van der Waals surface area contributed by atoms with Crippen molar-refractivity contribution in [3.63, 3.8) is 0 Å². The van der Waals surface area contributed by atoms with Crippen LogP contribution in [0, 0.1) is 0 Å². The lowest BCUT2D eigenvalue weighted by molar-refractivity contribution is 0.553. The Balaban J connectivity index is 1.92. The van der Waals surface area contributed by atoms with E-state index in [-0.39, 0.29) is 11.1 Å². The van der Waals surface area contributed by atoms with Gasteiger partial charge in [0.15, 0.2) is 5.03 Å². The fraction of sp³-hybridized carbons (Fsp3) is 0.643. The highest BCUT2D eigenvalue weighted by molar-refractivity contribution is 7.98. The molecule has 0 bridgehead atoms. The van der Waals surface area contributed by atoms with E-state index in [1.54, 1.807) is 24.0 Å². The number of thioether (sulfide) groups is 1. The molecule has 1 aliphatic rings. The van der Waals surface area contributed by atoms with E-state index in [2.05, 4.69) is 15.0 Å². The highest BCUT2D eigenvalue weighted by atomic mass is 32.2. The predicted octanol–water partition coefficient (Wildman–Crippen LogP) is 1.75. The highest BCUT2D eigenvalue weighted by Crippen LogP contribution is 2.19. The first kappa shape index (κ1) is 16.7. The number of nitrogens with one attached hydrogen (secondary N) is 2. The molecule has 0 radical (unpaired) electrons. The largest absolute Gasteiger partial charge is 0.310 e. The van der Waals surface area contributed by atoms with Crippen molar-refractivity contribution in [1.29, 1.82) is 0 Å². The Morgan fingerprint density at radius 2 is 2.19 bits per heavy atom. The van der Waals surface area contributed by atoms with Gasteiger partial charge in [-0.1, -0.05) is 6.07 Å². The molecule has 0 aromatic carbocycles. The Labute approximate surface area is 131 Å². The fourth-order valence-corrected chi connectivity index (χ4v) is 3.70. The van der Waals surface area contributed by atoms with E-state index in [0.717, 1.165) is 24.3 Å². The van der Waals surface area contributed by atoms with Gasteiger partial charge in [0.2, 0.25) is 0 Å². The third-order valence-corrected chi connectivity index (χ3v) is 5.51. The summed E-state index contributed by atoms with van der Waals surface area (Å²) in [5, 5.41) is 3.47. The topological polar surface area (TPSA) is 71.1 Å². The minimum absolute atomic E-state index is 0.0829. The molecule has 118 valence electrons. The lowest BCUT2D eigenvalue weighted by Gasteiger charge is -2.13. The Morgan fingerprint density at radius 1 is 1.43 bits per heavy atom. The van der Waals surface area contributed by atoms with Crippen molar-refractivity contribution in [2.24, 2.45) is 0 Å². The Bertz CT molecular complexity index is 542. The van der Waals surface area contributed by atoms with E-state index >= 15 is 0 Å². The molecule has 2 rings (SSSR count). The molecule has 1 aromatic heterocycles. The maximum Gasteiger partial charge on any atom is 0.258 e. The van der Waals surface area contributed by atoms with Crippen LogP contribution in [0.3, 0.4) is 0 Å². The maximum atomic E-state index is 12.2. The number of sulfonamides is 1. The smallest absolute Gasteiger partial charge is 0.258 e. The molecule has 0 saturated heterocycles. The maximum absolute atomic E-state index is 12.2. The molecule has 1 heterocycles. The van der Waals surface area contributed by atoms with Gasteiger partial charge in [-0.3, -0.25) is 0 Å². The van der Waals surface area contributed by atoms with Crippen LogP contribution in [0.2, 0.25) is 0 Å². The molecule has 21 heavy (non-hydrogen) atoms. The Hall–Kier alpha value is -0.630. The van der Waals surface area contributed by atoms with Gasteiger partial charge in [0.05, 0.1) is 0 Å². The van der Waals surface area contributed by atoms with E-state index in [0.29, 0.717) is 6.04 Å². The number of aromatic nitrogens is 1. The normalized spacial score (nSPS) is 16.9. The first-order valence-corrected chi connectivity index (χ1v) is 10.1. The van der Waals surface area contributed by atoms with Crippen LogP contribution in [-0.4, -0.2) is 37.5 Å². The molecular weight excluding hydrogens is 306 g/mol. The van der Waals surface area contributed by atoms with Crippen molar-refractivity contribution in [3.05, 3.63) is 23.9 Å². The third-order valence-electron chi connectivity index (χ3n) is 3.36. The summed E-state index contributed by atoms with van der Waals surface area (Å²) >= 11 is 1.71. The second-order valence-electron chi connectivity index (χ2n) is 5.46. The second kappa shape index (κ2) is 7.58. The highest BCUT2D eigenvalue weighted by Gasteiger charge is 2.21. The summed E-state index contributed by atoms with van der Waals surface area (Å²) in [5.41, 5.74) is 1.01. The molecular formula is C14H23N3O2S2. The quantitative estimate of drug-likeness (QED) is 0.722. The molecule has 1 aromatic rings. The van der Waals surface area contributed by atoms with Crippen molar-refractivity contribution in [2.45, 2.75) is 49.8 Å². The lowest BCUT2D eigenvalue weighted by Crippen LogP contribution is -2.33. The average Bonchev–Trinajstić information content (AvgIpc) is 3.27. The number of pyridine rings is 1. The average molecular weight is 329 g/mol. The summed E-state index contributed by atoms with van der Waals surface area (Å²) in [5.74, 6) is 0.933. The van der Waals surface area contributed by atoms with Crippen molar-refractivity contribution in [2.75, 3.05) is 12.0 Å². The molecule has 1 saturated carbocycles. The fourth-order valence-electron chi connectivity index (χ4n) is 1.90. The third kappa shape index (κ3) is 5.58. The van der Waals surface area contributed by atoms with E-state index in [9.17, 15) is 8.42 Å². The van der Waals surface area contributed by atoms with Gasteiger partial charge >= 0.3 is 0 Å². The second-order valence-corrected chi connectivity index (χ2v) is 8.11. The van der Waals surface area contributed by atoms with Gasteiger partial charge in [-0.15, -0.1) is 0 Å². The molecule has 5 nitrogen and oxygen atoms in total.